The number of aliphatic hydroxyl groups excluding tert-OH is 1. The highest BCUT2D eigenvalue weighted by molar-refractivity contribution is 5.94. The van der Waals surface area contributed by atoms with Gasteiger partial charge in [-0.15, -0.1) is 0 Å². The van der Waals surface area contributed by atoms with Gasteiger partial charge >= 0.3 is 0 Å². The van der Waals surface area contributed by atoms with E-state index in [1.807, 2.05) is 38.1 Å². The van der Waals surface area contributed by atoms with Gasteiger partial charge < -0.3 is 20.2 Å². The third kappa shape index (κ3) is 4.69. The molecule has 128 valence electrons. The van der Waals surface area contributed by atoms with Crippen molar-refractivity contribution in [1.82, 2.24) is 10.2 Å². The van der Waals surface area contributed by atoms with Gasteiger partial charge in [-0.3, -0.25) is 4.79 Å². The molecule has 1 aromatic carbocycles. The van der Waals surface area contributed by atoms with Crippen LogP contribution in [-0.2, 0) is 0 Å². The van der Waals surface area contributed by atoms with Crippen molar-refractivity contribution in [2.75, 3.05) is 44.2 Å². The van der Waals surface area contributed by atoms with E-state index in [4.69, 9.17) is 5.11 Å². The molecule has 0 aromatic heterocycles. The van der Waals surface area contributed by atoms with Crippen LogP contribution in [0.4, 0.5) is 5.69 Å². The second kappa shape index (κ2) is 8.31. The number of likely N-dealkylation sites (N-methyl/N-ethyl adjacent to an activating group) is 1. The monoisotopic (exact) mass is 319 g/mol. The molecular weight excluding hydrogens is 290 g/mol. The van der Waals surface area contributed by atoms with E-state index in [0.29, 0.717) is 5.56 Å². The zero-order chi connectivity index (χ0) is 16.8. The summed E-state index contributed by atoms with van der Waals surface area (Å²) in [5, 5.41) is 12.1. The number of anilines is 1. The Morgan fingerprint density at radius 2 is 1.78 bits per heavy atom. The third-order valence-corrected chi connectivity index (χ3v) is 4.81. The highest BCUT2D eigenvalue weighted by Crippen LogP contribution is 2.17. The summed E-state index contributed by atoms with van der Waals surface area (Å²) in [4.78, 5) is 17.0. The zero-order valence-corrected chi connectivity index (χ0v) is 14.5. The van der Waals surface area contributed by atoms with Gasteiger partial charge in [-0.05, 0) is 43.7 Å². The van der Waals surface area contributed by atoms with Gasteiger partial charge in [0, 0.05) is 50.1 Å². The van der Waals surface area contributed by atoms with Gasteiger partial charge in [0.2, 0.25) is 0 Å². The molecule has 0 bridgehead atoms. The largest absolute Gasteiger partial charge is 0.396 e. The lowest BCUT2D eigenvalue weighted by atomic mass is 10.0. The quantitative estimate of drug-likeness (QED) is 0.836. The topological polar surface area (TPSA) is 55.8 Å². The van der Waals surface area contributed by atoms with Crippen LogP contribution in [0.15, 0.2) is 24.3 Å². The van der Waals surface area contributed by atoms with E-state index in [2.05, 4.69) is 22.0 Å². The molecule has 0 saturated carbocycles. The summed E-state index contributed by atoms with van der Waals surface area (Å²) in [6, 6.07) is 7.77. The minimum Gasteiger partial charge on any atom is -0.396 e. The van der Waals surface area contributed by atoms with Crippen LogP contribution in [0, 0.1) is 5.92 Å². The lowest BCUT2D eigenvalue weighted by Crippen LogP contribution is -2.46. The van der Waals surface area contributed by atoms with Gasteiger partial charge in [-0.1, -0.05) is 13.8 Å². The Bertz CT molecular complexity index is 495. The first-order chi connectivity index (χ1) is 11.0. The molecule has 1 fully saturated rings. The van der Waals surface area contributed by atoms with Crippen LogP contribution < -0.4 is 10.2 Å². The van der Waals surface area contributed by atoms with Gasteiger partial charge in [0.25, 0.3) is 5.91 Å². The molecule has 1 aliphatic heterocycles. The molecular formula is C18H29N3O2. The molecule has 2 unspecified atom stereocenters. The maximum atomic E-state index is 12.2. The number of hydrogen-bond acceptors (Lipinski definition) is 4. The molecule has 0 radical (unpaired) electrons. The number of piperazine rings is 1. The average molecular weight is 319 g/mol. The highest BCUT2D eigenvalue weighted by Gasteiger charge is 2.17. The number of nitrogens with zero attached hydrogens (tertiary/aromatic N) is 2. The molecule has 5 heteroatoms. The van der Waals surface area contributed by atoms with E-state index < -0.39 is 0 Å². The summed E-state index contributed by atoms with van der Waals surface area (Å²) in [6.45, 7) is 11.5. The highest BCUT2D eigenvalue weighted by atomic mass is 16.3. The van der Waals surface area contributed by atoms with Crippen molar-refractivity contribution in [3.63, 3.8) is 0 Å². The Hall–Kier alpha value is -1.59. The number of nitrogens with one attached hydrogen (secondary N) is 1. The maximum Gasteiger partial charge on any atom is 0.251 e. The lowest BCUT2D eigenvalue weighted by molar-refractivity contribution is 0.0916. The Morgan fingerprint density at radius 1 is 1.17 bits per heavy atom. The fourth-order valence-electron chi connectivity index (χ4n) is 2.74. The molecule has 0 aliphatic carbocycles. The second-order valence-corrected chi connectivity index (χ2v) is 6.39. The number of carbonyl (C=O) groups is 1. The molecule has 2 rings (SSSR count). The number of benzene rings is 1. The van der Waals surface area contributed by atoms with Gasteiger partial charge in [0.15, 0.2) is 0 Å². The fraction of sp³-hybridized carbons (Fsp3) is 0.611. The fourth-order valence-corrected chi connectivity index (χ4v) is 2.74. The van der Waals surface area contributed by atoms with Gasteiger partial charge in [0.05, 0.1) is 0 Å². The number of rotatable bonds is 6. The van der Waals surface area contributed by atoms with Crippen LogP contribution in [0.25, 0.3) is 0 Å². The van der Waals surface area contributed by atoms with E-state index in [-0.39, 0.29) is 24.5 Å². The van der Waals surface area contributed by atoms with E-state index in [1.54, 1.807) is 0 Å². The second-order valence-electron chi connectivity index (χ2n) is 6.39. The van der Waals surface area contributed by atoms with Crippen LogP contribution in [0.2, 0.25) is 0 Å². The summed E-state index contributed by atoms with van der Waals surface area (Å²) < 4.78 is 0. The molecule has 1 aliphatic rings. The SMILES string of the molecule is CCN1CCN(c2ccc(C(=O)NC(C)C(C)CO)cc2)CC1. The molecule has 1 saturated heterocycles. The Balaban J connectivity index is 1.93. The standard InChI is InChI=1S/C18H29N3O2/c1-4-20-9-11-21(12-10-20)17-7-5-16(6-8-17)18(23)19-15(3)14(2)13-22/h5-8,14-15,22H,4,9-13H2,1-3H3,(H,19,23). The van der Waals surface area contributed by atoms with Crippen LogP contribution >= 0.6 is 0 Å². The molecule has 0 spiro atoms. The van der Waals surface area contributed by atoms with Crippen molar-refractivity contribution < 1.29 is 9.90 Å². The maximum absolute atomic E-state index is 12.2. The van der Waals surface area contributed by atoms with E-state index in [9.17, 15) is 4.79 Å². The summed E-state index contributed by atoms with van der Waals surface area (Å²) in [7, 11) is 0. The van der Waals surface area contributed by atoms with Crippen molar-refractivity contribution in [2.45, 2.75) is 26.8 Å². The Morgan fingerprint density at radius 3 is 2.30 bits per heavy atom. The van der Waals surface area contributed by atoms with Gasteiger partial charge in [0.1, 0.15) is 0 Å². The molecule has 1 amide bonds. The van der Waals surface area contributed by atoms with Gasteiger partial charge in [-0.25, -0.2) is 0 Å². The first-order valence-corrected chi connectivity index (χ1v) is 8.54. The number of amides is 1. The van der Waals surface area contributed by atoms with E-state index in [0.717, 1.165) is 32.7 Å². The normalized spacial score (nSPS) is 18.5. The first kappa shape index (κ1) is 17.8. The van der Waals surface area contributed by atoms with E-state index in [1.165, 1.54) is 5.69 Å². The van der Waals surface area contributed by atoms with Crippen molar-refractivity contribution in [1.29, 1.82) is 0 Å². The summed E-state index contributed by atoms with van der Waals surface area (Å²) in [5.41, 5.74) is 1.84. The molecule has 1 aromatic rings. The number of carbonyl (C=O) groups excluding carboxylic acids is 1. The molecule has 1 heterocycles. The Labute approximate surface area is 139 Å². The van der Waals surface area contributed by atoms with Crippen molar-refractivity contribution in [3.05, 3.63) is 29.8 Å². The average Bonchev–Trinajstić information content (AvgIpc) is 2.61. The van der Waals surface area contributed by atoms with E-state index >= 15 is 0 Å². The smallest absolute Gasteiger partial charge is 0.251 e. The number of aliphatic hydroxyl groups is 1. The molecule has 23 heavy (non-hydrogen) atoms. The number of hydrogen-bond donors (Lipinski definition) is 2. The van der Waals surface area contributed by atoms with Crippen LogP contribution in [0.3, 0.4) is 0 Å². The third-order valence-electron chi connectivity index (χ3n) is 4.81. The summed E-state index contributed by atoms with van der Waals surface area (Å²) >= 11 is 0. The van der Waals surface area contributed by atoms with Crippen LogP contribution in [0.1, 0.15) is 31.1 Å². The minimum absolute atomic E-state index is 0.0469. The summed E-state index contributed by atoms with van der Waals surface area (Å²) in [6.07, 6.45) is 0. The molecule has 2 atom stereocenters. The van der Waals surface area contributed by atoms with Gasteiger partial charge in [-0.2, -0.15) is 0 Å². The molecule has 2 N–H and O–H groups in total. The van der Waals surface area contributed by atoms with Crippen LogP contribution in [0.5, 0.6) is 0 Å². The Kier molecular flexibility index (Phi) is 6.42. The lowest BCUT2D eigenvalue weighted by Gasteiger charge is -2.35. The predicted octanol–water partition coefficient (Wildman–Crippen LogP) is 1.58. The van der Waals surface area contributed by atoms with Crippen molar-refractivity contribution >= 4 is 11.6 Å². The minimum atomic E-state index is -0.0832. The van der Waals surface area contributed by atoms with Crippen molar-refractivity contribution in [3.8, 4) is 0 Å². The predicted molar refractivity (Wildman–Crippen MR) is 93.9 cm³/mol. The zero-order valence-electron chi connectivity index (χ0n) is 14.5. The summed E-state index contributed by atoms with van der Waals surface area (Å²) in [5.74, 6) is -0.0340. The molecule has 5 nitrogen and oxygen atoms in total. The first-order valence-electron chi connectivity index (χ1n) is 8.54. The van der Waals surface area contributed by atoms with Crippen LogP contribution in [-0.4, -0.2) is 61.3 Å². The van der Waals surface area contributed by atoms with Crippen molar-refractivity contribution in [2.24, 2.45) is 5.92 Å².